The highest BCUT2D eigenvalue weighted by atomic mass is 32.1. The van der Waals surface area contributed by atoms with Crippen LogP contribution in [-0.2, 0) is 0 Å². The maximum Gasteiger partial charge on any atom is 0.164 e. The van der Waals surface area contributed by atoms with Crippen molar-refractivity contribution in [3.63, 3.8) is 0 Å². The Morgan fingerprint density at radius 1 is 0.273 bits per heavy atom. The molecule has 0 aliphatic heterocycles. The van der Waals surface area contributed by atoms with Crippen molar-refractivity contribution in [1.29, 1.82) is 0 Å². The van der Waals surface area contributed by atoms with Gasteiger partial charge in [-0.3, -0.25) is 0 Å². The monoisotopic (exact) mass is 719 g/mol. The molecule has 8 aromatic carbocycles. The van der Waals surface area contributed by atoms with Crippen molar-refractivity contribution >= 4 is 31.5 Å². The molecule has 258 valence electrons. The average molecular weight is 720 g/mol. The van der Waals surface area contributed by atoms with Gasteiger partial charge in [-0.1, -0.05) is 194 Å². The molecule has 0 saturated carbocycles. The van der Waals surface area contributed by atoms with Crippen molar-refractivity contribution in [2.45, 2.75) is 0 Å². The van der Waals surface area contributed by atoms with Crippen molar-refractivity contribution in [1.82, 2.24) is 15.0 Å². The van der Waals surface area contributed by atoms with Gasteiger partial charge in [0.15, 0.2) is 17.5 Å². The number of hydrogen-bond acceptors (Lipinski definition) is 4. The molecule has 0 saturated heterocycles. The molecule has 0 aliphatic rings. The number of hydrogen-bond donors (Lipinski definition) is 0. The quantitative estimate of drug-likeness (QED) is 0.165. The van der Waals surface area contributed by atoms with Gasteiger partial charge in [0.05, 0.1) is 0 Å². The number of nitrogens with zero attached hydrogens (tertiary/aromatic N) is 3. The minimum Gasteiger partial charge on any atom is -0.208 e. The number of aromatic nitrogens is 3. The second-order valence-corrected chi connectivity index (χ2v) is 14.7. The fraction of sp³-hybridized carbons (Fsp3) is 0. The number of rotatable bonds is 7. The highest BCUT2D eigenvalue weighted by Crippen LogP contribution is 2.44. The predicted octanol–water partition coefficient (Wildman–Crippen LogP) is 13.9. The highest BCUT2D eigenvalue weighted by molar-refractivity contribution is 7.26. The summed E-state index contributed by atoms with van der Waals surface area (Å²) in [5.41, 5.74) is 12.4. The molecular formula is C51H33N3S. The Labute approximate surface area is 323 Å². The van der Waals surface area contributed by atoms with Crippen LogP contribution in [0.4, 0.5) is 0 Å². The molecule has 0 radical (unpaired) electrons. The van der Waals surface area contributed by atoms with Crippen molar-refractivity contribution in [2.75, 3.05) is 0 Å². The number of thiophene rings is 1. The lowest BCUT2D eigenvalue weighted by Crippen LogP contribution is -2.00. The van der Waals surface area contributed by atoms with Crippen molar-refractivity contribution in [3.8, 4) is 78.7 Å². The summed E-state index contributed by atoms with van der Waals surface area (Å²) < 4.78 is 2.45. The normalized spacial score (nSPS) is 11.3. The molecule has 55 heavy (non-hydrogen) atoms. The fourth-order valence-corrected chi connectivity index (χ4v) is 8.64. The summed E-state index contributed by atoms with van der Waals surface area (Å²) in [5.74, 6) is 1.94. The summed E-state index contributed by atoms with van der Waals surface area (Å²) in [5, 5.41) is 2.36. The zero-order valence-electron chi connectivity index (χ0n) is 29.8. The predicted molar refractivity (Wildman–Crippen MR) is 231 cm³/mol. The maximum atomic E-state index is 5.20. The van der Waals surface area contributed by atoms with E-state index in [1.54, 1.807) is 0 Å². The zero-order chi connectivity index (χ0) is 36.6. The summed E-state index contributed by atoms with van der Waals surface area (Å²) in [6, 6.07) is 70.4. The molecule has 0 amide bonds. The third-order valence-corrected chi connectivity index (χ3v) is 11.4. The summed E-state index contributed by atoms with van der Waals surface area (Å²) in [4.78, 5) is 15.5. The lowest BCUT2D eigenvalue weighted by Gasteiger charge is -2.11. The summed E-state index contributed by atoms with van der Waals surface area (Å²) in [6.07, 6.45) is 0. The molecule has 0 unspecified atom stereocenters. The third kappa shape index (κ3) is 6.29. The molecule has 0 bridgehead atoms. The lowest BCUT2D eigenvalue weighted by atomic mass is 9.98. The van der Waals surface area contributed by atoms with Gasteiger partial charge in [-0.05, 0) is 50.6 Å². The Hall–Kier alpha value is -7.01. The van der Waals surface area contributed by atoms with Crippen LogP contribution in [0.2, 0.25) is 0 Å². The van der Waals surface area contributed by atoms with E-state index in [0.29, 0.717) is 17.5 Å². The van der Waals surface area contributed by atoms with E-state index < -0.39 is 0 Å². The molecule has 0 spiro atoms. The van der Waals surface area contributed by atoms with E-state index >= 15 is 0 Å². The first-order valence-corrected chi connectivity index (χ1v) is 19.3. The van der Waals surface area contributed by atoms with Crippen molar-refractivity contribution in [2.24, 2.45) is 0 Å². The Balaban J connectivity index is 1.10. The van der Waals surface area contributed by atoms with E-state index in [0.717, 1.165) is 33.2 Å². The lowest BCUT2D eigenvalue weighted by molar-refractivity contribution is 1.08. The van der Waals surface area contributed by atoms with Crippen LogP contribution < -0.4 is 0 Å². The largest absolute Gasteiger partial charge is 0.208 e. The van der Waals surface area contributed by atoms with Crippen LogP contribution >= 0.6 is 11.3 Å². The van der Waals surface area contributed by atoms with Crippen molar-refractivity contribution < 1.29 is 0 Å². The van der Waals surface area contributed by atoms with Crippen LogP contribution in [0, 0.1) is 0 Å². The molecule has 10 rings (SSSR count). The minimum absolute atomic E-state index is 0.641. The van der Waals surface area contributed by atoms with Crippen LogP contribution in [0.1, 0.15) is 0 Å². The van der Waals surface area contributed by atoms with E-state index in [-0.39, 0.29) is 0 Å². The molecule has 0 fully saturated rings. The van der Waals surface area contributed by atoms with Gasteiger partial charge in [-0.15, -0.1) is 11.3 Å². The molecule has 0 atom stereocenters. The SMILES string of the molecule is c1ccc(-c2ccc(-c3nc(-c4ccc(-c5ccccc5)cc4)nc(-c4cccc5sc6c(-c7ccc(-c8ccccc8)cc7)cccc6c45)n3)cc2)cc1. The molecular weight excluding hydrogens is 687 g/mol. The van der Waals surface area contributed by atoms with Crippen LogP contribution in [0.15, 0.2) is 200 Å². The van der Waals surface area contributed by atoms with Crippen LogP contribution in [0.25, 0.3) is 98.8 Å². The number of fused-ring (bicyclic) bond motifs is 3. The topological polar surface area (TPSA) is 38.7 Å². The van der Waals surface area contributed by atoms with Gasteiger partial charge in [0.25, 0.3) is 0 Å². The Morgan fingerprint density at radius 2 is 0.655 bits per heavy atom. The Kier molecular flexibility index (Phi) is 8.36. The van der Waals surface area contributed by atoms with E-state index in [2.05, 4.69) is 188 Å². The van der Waals surface area contributed by atoms with Gasteiger partial charge in [-0.25, -0.2) is 15.0 Å². The molecule has 0 aliphatic carbocycles. The second-order valence-electron chi connectivity index (χ2n) is 13.6. The first-order valence-electron chi connectivity index (χ1n) is 18.4. The van der Waals surface area contributed by atoms with E-state index in [4.69, 9.17) is 15.0 Å². The van der Waals surface area contributed by atoms with Crippen LogP contribution in [0.5, 0.6) is 0 Å². The third-order valence-electron chi connectivity index (χ3n) is 10.2. The molecule has 10 aromatic rings. The van der Waals surface area contributed by atoms with Gasteiger partial charge in [0, 0.05) is 36.9 Å². The molecule has 0 N–H and O–H groups in total. The summed E-state index contributed by atoms with van der Waals surface area (Å²) in [7, 11) is 0. The summed E-state index contributed by atoms with van der Waals surface area (Å²) >= 11 is 1.82. The van der Waals surface area contributed by atoms with Crippen LogP contribution in [-0.4, -0.2) is 15.0 Å². The van der Waals surface area contributed by atoms with Gasteiger partial charge in [-0.2, -0.15) is 0 Å². The summed E-state index contributed by atoms with van der Waals surface area (Å²) in [6.45, 7) is 0. The van der Waals surface area contributed by atoms with E-state index in [1.807, 2.05) is 23.5 Å². The maximum absolute atomic E-state index is 5.20. The van der Waals surface area contributed by atoms with Gasteiger partial charge >= 0.3 is 0 Å². The molecule has 2 heterocycles. The average Bonchev–Trinajstić information content (AvgIpc) is 3.67. The zero-order valence-corrected chi connectivity index (χ0v) is 30.6. The van der Waals surface area contributed by atoms with Gasteiger partial charge in [0.2, 0.25) is 0 Å². The standard InChI is InChI=1S/C51H33N3S/c1-4-12-34(13-5-1)37-22-28-40(29-23-37)43-18-10-19-44-47-45(20-11-21-46(47)55-48(43)44)51-53-49(41-30-24-38(25-31-41)35-14-6-2-7-15-35)52-50(54-51)42-32-26-39(27-33-42)36-16-8-3-9-17-36/h1-33H. The fourth-order valence-electron chi connectivity index (χ4n) is 7.37. The first-order chi connectivity index (χ1) is 27.2. The van der Waals surface area contributed by atoms with Gasteiger partial charge < -0.3 is 0 Å². The highest BCUT2D eigenvalue weighted by Gasteiger charge is 2.19. The van der Waals surface area contributed by atoms with E-state index in [9.17, 15) is 0 Å². The Morgan fingerprint density at radius 3 is 1.15 bits per heavy atom. The second kappa shape index (κ2) is 14.1. The van der Waals surface area contributed by atoms with E-state index in [1.165, 1.54) is 48.2 Å². The smallest absolute Gasteiger partial charge is 0.164 e. The van der Waals surface area contributed by atoms with Crippen LogP contribution in [0.3, 0.4) is 0 Å². The number of benzene rings is 8. The molecule has 3 nitrogen and oxygen atoms in total. The van der Waals surface area contributed by atoms with Gasteiger partial charge in [0.1, 0.15) is 0 Å². The molecule has 4 heteroatoms. The first kappa shape index (κ1) is 32.6. The van der Waals surface area contributed by atoms with Crippen molar-refractivity contribution in [3.05, 3.63) is 200 Å². The Bertz CT molecular complexity index is 2820. The molecule has 2 aromatic heterocycles. The minimum atomic E-state index is 0.641.